The first-order valence-electron chi connectivity index (χ1n) is 8.11. The van der Waals surface area contributed by atoms with Crippen LogP contribution >= 0.6 is 23.2 Å². The lowest BCUT2D eigenvalue weighted by Crippen LogP contribution is -2.33. The van der Waals surface area contributed by atoms with Gasteiger partial charge < -0.3 is 10.2 Å². The summed E-state index contributed by atoms with van der Waals surface area (Å²) in [5, 5.41) is 3.94. The Hall–Kier alpha value is -2.48. The van der Waals surface area contributed by atoms with Crippen LogP contribution in [0.15, 0.2) is 48.5 Å². The molecule has 3 rings (SSSR count). The summed E-state index contributed by atoms with van der Waals surface area (Å²) in [4.78, 5) is 26.1. The van der Waals surface area contributed by atoms with Crippen molar-refractivity contribution in [3.05, 3.63) is 64.1 Å². The number of carbonyl (C=O) groups is 2. The number of anilines is 1. The minimum absolute atomic E-state index is 0.0744. The summed E-state index contributed by atoms with van der Waals surface area (Å²) in [5.74, 6) is 5.16. The van der Waals surface area contributed by atoms with E-state index in [1.807, 2.05) is 18.2 Å². The Labute approximate surface area is 162 Å². The van der Waals surface area contributed by atoms with Gasteiger partial charge in [0, 0.05) is 29.2 Å². The second-order valence-corrected chi connectivity index (χ2v) is 6.72. The number of benzene rings is 2. The van der Waals surface area contributed by atoms with Crippen molar-refractivity contribution < 1.29 is 9.59 Å². The maximum atomic E-state index is 12.3. The maximum absolute atomic E-state index is 12.3. The van der Waals surface area contributed by atoms with Gasteiger partial charge in [-0.1, -0.05) is 47.2 Å². The van der Waals surface area contributed by atoms with E-state index in [0.717, 1.165) is 5.69 Å². The van der Waals surface area contributed by atoms with E-state index in [0.29, 0.717) is 22.2 Å². The zero-order valence-electron chi connectivity index (χ0n) is 13.8. The van der Waals surface area contributed by atoms with E-state index in [9.17, 15) is 9.59 Å². The average molecular weight is 387 g/mol. The van der Waals surface area contributed by atoms with Gasteiger partial charge in [0.15, 0.2) is 0 Å². The van der Waals surface area contributed by atoms with E-state index < -0.39 is 0 Å². The molecule has 1 aliphatic heterocycles. The maximum Gasteiger partial charge on any atom is 0.227 e. The van der Waals surface area contributed by atoms with Crippen molar-refractivity contribution in [2.75, 3.05) is 18.0 Å². The molecule has 0 saturated carbocycles. The smallest absolute Gasteiger partial charge is 0.227 e. The molecule has 1 atom stereocenters. The number of carbonyl (C=O) groups excluding carboxylic acids is 2. The van der Waals surface area contributed by atoms with Gasteiger partial charge in [-0.2, -0.15) is 0 Å². The highest BCUT2D eigenvalue weighted by Crippen LogP contribution is 2.26. The Bertz CT molecular complexity index is 885. The SMILES string of the molecule is O=C(NCC#Cc1ccccc1Cl)C1CC(=O)N(c2ccc(Cl)cc2)C1. The summed E-state index contributed by atoms with van der Waals surface area (Å²) in [7, 11) is 0. The summed E-state index contributed by atoms with van der Waals surface area (Å²) in [5.41, 5.74) is 1.46. The molecule has 0 spiro atoms. The third-order valence-corrected chi connectivity index (χ3v) is 4.66. The molecule has 0 bridgehead atoms. The summed E-state index contributed by atoms with van der Waals surface area (Å²) >= 11 is 11.9. The van der Waals surface area contributed by atoms with E-state index >= 15 is 0 Å². The second kappa shape index (κ2) is 8.27. The minimum atomic E-state index is -0.389. The molecular formula is C20H16Cl2N2O2. The van der Waals surface area contributed by atoms with Gasteiger partial charge in [0.25, 0.3) is 0 Å². The zero-order valence-corrected chi connectivity index (χ0v) is 15.3. The van der Waals surface area contributed by atoms with E-state index in [1.165, 1.54) is 0 Å². The molecule has 0 aliphatic carbocycles. The molecule has 1 aliphatic rings. The van der Waals surface area contributed by atoms with Gasteiger partial charge in [0.05, 0.1) is 17.5 Å². The molecule has 1 saturated heterocycles. The summed E-state index contributed by atoms with van der Waals surface area (Å²) < 4.78 is 0. The largest absolute Gasteiger partial charge is 0.345 e. The third-order valence-electron chi connectivity index (χ3n) is 4.08. The van der Waals surface area contributed by atoms with Crippen LogP contribution in [-0.4, -0.2) is 24.9 Å². The van der Waals surface area contributed by atoms with Crippen LogP contribution in [0.1, 0.15) is 12.0 Å². The van der Waals surface area contributed by atoms with Crippen LogP contribution in [0.25, 0.3) is 0 Å². The van der Waals surface area contributed by atoms with E-state index in [-0.39, 0.29) is 30.7 Å². The summed E-state index contributed by atoms with van der Waals surface area (Å²) in [6.07, 6.45) is 0.187. The predicted octanol–water partition coefficient (Wildman–Crippen LogP) is 3.51. The van der Waals surface area contributed by atoms with Crippen molar-refractivity contribution in [2.24, 2.45) is 5.92 Å². The van der Waals surface area contributed by atoms with Crippen molar-refractivity contribution in [1.82, 2.24) is 5.32 Å². The fourth-order valence-corrected chi connectivity index (χ4v) is 3.04. The number of hydrogen-bond donors (Lipinski definition) is 1. The monoisotopic (exact) mass is 386 g/mol. The molecule has 6 heteroatoms. The molecule has 0 radical (unpaired) electrons. The van der Waals surface area contributed by atoms with Gasteiger partial charge in [-0.05, 0) is 36.4 Å². The summed E-state index contributed by atoms with van der Waals surface area (Å²) in [6.45, 7) is 0.555. The molecule has 2 aromatic carbocycles. The van der Waals surface area contributed by atoms with Crippen LogP contribution in [0.4, 0.5) is 5.69 Å². The number of rotatable bonds is 3. The second-order valence-electron chi connectivity index (χ2n) is 5.88. The van der Waals surface area contributed by atoms with Gasteiger partial charge in [-0.25, -0.2) is 0 Å². The van der Waals surface area contributed by atoms with E-state index in [1.54, 1.807) is 35.2 Å². The first-order chi connectivity index (χ1) is 12.5. The fourth-order valence-electron chi connectivity index (χ4n) is 2.73. The molecule has 2 amide bonds. The number of amides is 2. The molecule has 4 nitrogen and oxygen atoms in total. The van der Waals surface area contributed by atoms with Crippen LogP contribution in [0.2, 0.25) is 10.0 Å². The number of nitrogens with zero attached hydrogens (tertiary/aromatic N) is 1. The van der Waals surface area contributed by atoms with Crippen LogP contribution < -0.4 is 10.2 Å². The molecule has 1 fully saturated rings. The van der Waals surface area contributed by atoms with Crippen LogP contribution in [0.3, 0.4) is 0 Å². The number of halogens is 2. The highest BCUT2D eigenvalue weighted by molar-refractivity contribution is 6.31. The molecule has 1 heterocycles. The third kappa shape index (κ3) is 4.37. The minimum Gasteiger partial charge on any atom is -0.345 e. The van der Waals surface area contributed by atoms with Crippen molar-refractivity contribution in [1.29, 1.82) is 0 Å². The molecule has 132 valence electrons. The summed E-state index contributed by atoms with van der Waals surface area (Å²) in [6, 6.07) is 14.3. The Morgan fingerprint density at radius 3 is 2.62 bits per heavy atom. The highest BCUT2D eigenvalue weighted by Gasteiger charge is 2.34. The van der Waals surface area contributed by atoms with Crippen molar-refractivity contribution in [3.8, 4) is 11.8 Å². The molecule has 1 N–H and O–H groups in total. The number of hydrogen-bond acceptors (Lipinski definition) is 2. The Morgan fingerprint density at radius 1 is 1.15 bits per heavy atom. The fraction of sp³-hybridized carbons (Fsp3) is 0.200. The number of nitrogens with one attached hydrogen (secondary N) is 1. The van der Waals surface area contributed by atoms with Gasteiger partial charge >= 0.3 is 0 Å². The predicted molar refractivity (Wildman–Crippen MR) is 103 cm³/mol. The standard InChI is InChI=1S/C20H16Cl2N2O2/c21-16-7-9-17(10-8-16)24-13-15(12-19(24)25)20(26)23-11-3-5-14-4-1-2-6-18(14)22/h1-2,4,6-10,15H,11-13H2,(H,23,26). The van der Waals surface area contributed by atoms with Crippen LogP contribution in [0, 0.1) is 17.8 Å². The van der Waals surface area contributed by atoms with Crippen molar-refractivity contribution >= 4 is 40.7 Å². The quantitative estimate of drug-likeness (QED) is 0.820. The topological polar surface area (TPSA) is 49.4 Å². The van der Waals surface area contributed by atoms with Crippen molar-refractivity contribution in [2.45, 2.75) is 6.42 Å². The van der Waals surface area contributed by atoms with Gasteiger partial charge in [0.1, 0.15) is 0 Å². The molecule has 2 aromatic rings. The molecule has 26 heavy (non-hydrogen) atoms. The Kier molecular flexibility index (Phi) is 5.82. The van der Waals surface area contributed by atoms with Crippen molar-refractivity contribution in [3.63, 3.8) is 0 Å². The van der Waals surface area contributed by atoms with Gasteiger partial charge in [-0.15, -0.1) is 0 Å². The Morgan fingerprint density at radius 2 is 1.88 bits per heavy atom. The first-order valence-corrected chi connectivity index (χ1v) is 8.87. The van der Waals surface area contributed by atoms with Gasteiger partial charge in [0.2, 0.25) is 11.8 Å². The van der Waals surface area contributed by atoms with E-state index in [2.05, 4.69) is 17.2 Å². The highest BCUT2D eigenvalue weighted by atomic mass is 35.5. The zero-order chi connectivity index (χ0) is 18.5. The lowest BCUT2D eigenvalue weighted by Gasteiger charge is -2.16. The van der Waals surface area contributed by atoms with Crippen LogP contribution in [-0.2, 0) is 9.59 Å². The van der Waals surface area contributed by atoms with Gasteiger partial charge in [-0.3, -0.25) is 9.59 Å². The molecule has 1 unspecified atom stereocenters. The normalized spacial score (nSPS) is 16.2. The van der Waals surface area contributed by atoms with Crippen LogP contribution in [0.5, 0.6) is 0 Å². The average Bonchev–Trinajstić information content (AvgIpc) is 3.02. The Balaban J connectivity index is 1.55. The lowest BCUT2D eigenvalue weighted by molar-refractivity contribution is -0.126. The molecule has 0 aromatic heterocycles. The lowest BCUT2D eigenvalue weighted by atomic mass is 10.1. The first kappa shape index (κ1) is 18.3. The van der Waals surface area contributed by atoms with E-state index in [4.69, 9.17) is 23.2 Å². The molecular weight excluding hydrogens is 371 g/mol.